The summed E-state index contributed by atoms with van der Waals surface area (Å²) in [5.74, 6) is -3.66. The highest BCUT2D eigenvalue weighted by Gasteiger charge is 2.32. The molecule has 0 heterocycles. The van der Waals surface area contributed by atoms with Crippen LogP contribution < -0.4 is 43.0 Å². The number of nitrogens with one attached hydrogen (secondary N) is 7. The molecule has 0 radical (unpaired) electrons. The number of amides is 8. The number of primary amides is 1. The van der Waals surface area contributed by atoms with Gasteiger partial charge in [-0.15, -0.1) is 0 Å². The SMILES string of the molecule is CCCc1cccc(COC(=O)NC(=NCCC[C@@H](NC(=O)[C@H](Cc2c(C)cc(O)cc2C)NC(=O)OCc2ccccc2)C(=O)N[C@@H](Cc2ccccc2)C(=O)N[C@@H](CCCCNC(=O)OCc2ccccc2)C(N)=O)NC(=O)OCc2ccccc2)c1. The van der Waals surface area contributed by atoms with E-state index in [1.54, 1.807) is 92.7 Å². The van der Waals surface area contributed by atoms with Gasteiger partial charge in [-0.3, -0.25) is 34.8 Å². The zero-order valence-electron chi connectivity index (χ0n) is 50.3. The molecule has 0 aromatic heterocycles. The molecule has 0 aliphatic heterocycles. The number of aromatic hydroxyl groups is 1. The van der Waals surface area contributed by atoms with Crippen molar-refractivity contribution in [2.75, 3.05) is 13.1 Å². The first-order chi connectivity index (χ1) is 43.0. The lowest BCUT2D eigenvalue weighted by molar-refractivity contribution is -0.133. The zero-order valence-corrected chi connectivity index (χ0v) is 50.3. The number of carbonyl (C=O) groups excluding carboxylic acids is 8. The van der Waals surface area contributed by atoms with Crippen molar-refractivity contribution in [3.05, 3.63) is 208 Å². The second-order valence-electron chi connectivity index (χ2n) is 21.1. The van der Waals surface area contributed by atoms with E-state index in [-0.39, 0.29) is 83.3 Å². The number of rotatable bonds is 31. The summed E-state index contributed by atoms with van der Waals surface area (Å²) in [5.41, 5.74) is 12.3. The van der Waals surface area contributed by atoms with Crippen LogP contribution in [0.15, 0.2) is 163 Å². The fourth-order valence-electron chi connectivity index (χ4n) is 9.38. The van der Waals surface area contributed by atoms with Gasteiger partial charge in [-0.25, -0.2) is 19.2 Å². The van der Waals surface area contributed by atoms with Gasteiger partial charge in [0.2, 0.25) is 29.6 Å². The molecular formula is C67H79N9O13. The number of phenols is 1. The first-order valence-electron chi connectivity index (χ1n) is 29.5. The second kappa shape index (κ2) is 36.7. The summed E-state index contributed by atoms with van der Waals surface area (Å²) >= 11 is 0. The van der Waals surface area contributed by atoms with Crippen molar-refractivity contribution in [3.8, 4) is 5.75 Å². The van der Waals surface area contributed by atoms with Crippen molar-refractivity contribution in [1.29, 1.82) is 0 Å². The lowest BCUT2D eigenvalue weighted by atomic mass is 9.95. The number of benzene rings is 6. The van der Waals surface area contributed by atoms with Crippen molar-refractivity contribution in [3.63, 3.8) is 0 Å². The van der Waals surface area contributed by atoms with Gasteiger partial charge in [-0.05, 0) is 115 Å². The highest BCUT2D eigenvalue weighted by atomic mass is 16.6. The molecular weight excluding hydrogens is 1140 g/mol. The number of unbranched alkanes of at least 4 members (excludes halogenated alkanes) is 1. The third-order valence-electron chi connectivity index (χ3n) is 14.0. The number of hydrogen-bond acceptors (Lipinski definition) is 14. The van der Waals surface area contributed by atoms with E-state index >= 15 is 0 Å². The molecule has 6 rings (SSSR count). The van der Waals surface area contributed by atoms with Gasteiger partial charge in [-0.1, -0.05) is 159 Å². The van der Waals surface area contributed by atoms with E-state index in [2.05, 4.69) is 49.1 Å². The number of aliphatic imine (C=N–C) groups is 1. The molecule has 8 amide bonds. The number of nitrogens with two attached hydrogens (primary N) is 1. The lowest BCUT2D eigenvalue weighted by Crippen LogP contribution is -2.58. The van der Waals surface area contributed by atoms with Crippen LogP contribution in [0.1, 0.15) is 95.5 Å². The summed E-state index contributed by atoms with van der Waals surface area (Å²) in [6.45, 7) is 5.28. The topological polar surface area (TPSA) is 316 Å². The Labute approximate surface area is 518 Å². The molecule has 6 aromatic rings. The number of alkyl carbamates (subject to hydrolysis) is 4. The first-order valence-corrected chi connectivity index (χ1v) is 29.5. The van der Waals surface area contributed by atoms with Crippen molar-refractivity contribution >= 4 is 54.0 Å². The van der Waals surface area contributed by atoms with E-state index in [4.69, 9.17) is 24.7 Å². The van der Waals surface area contributed by atoms with Gasteiger partial charge in [0.15, 0.2) is 0 Å². The molecule has 0 aliphatic rings. The number of guanidine groups is 1. The summed E-state index contributed by atoms with van der Waals surface area (Å²) in [6, 6.07) is 40.9. The first kappa shape index (κ1) is 67.9. The zero-order chi connectivity index (χ0) is 63.8. The van der Waals surface area contributed by atoms with Crippen LogP contribution in [0.2, 0.25) is 0 Å². The smallest absolute Gasteiger partial charge is 0.414 e. The van der Waals surface area contributed by atoms with Crippen LogP contribution in [0.4, 0.5) is 19.2 Å². The van der Waals surface area contributed by atoms with Gasteiger partial charge in [0.25, 0.3) is 0 Å². The number of nitrogens with zero attached hydrogens (tertiary/aromatic N) is 1. The largest absolute Gasteiger partial charge is 0.508 e. The predicted octanol–water partition coefficient (Wildman–Crippen LogP) is 8.07. The fourth-order valence-corrected chi connectivity index (χ4v) is 9.38. The van der Waals surface area contributed by atoms with E-state index in [9.17, 15) is 43.5 Å². The van der Waals surface area contributed by atoms with Crippen molar-refractivity contribution in [2.24, 2.45) is 10.7 Å². The molecule has 0 aliphatic carbocycles. The van der Waals surface area contributed by atoms with Gasteiger partial charge < -0.3 is 56.4 Å². The highest BCUT2D eigenvalue weighted by Crippen LogP contribution is 2.23. The van der Waals surface area contributed by atoms with Gasteiger partial charge in [0.1, 0.15) is 56.3 Å². The molecule has 4 atom stereocenters. The summed E-state index contributed by atoms with van der Waals surface area (Å²) in [6.07, 6.45) is -1.32. The average molecular weight is 1220 g/mol. The van der Waals surface area contributed by atoms with E-state index < -0.39 is 72.2 Å². The number of aryl methyl sites for hydroxylation is 3. The van der Waals surface area contributed by atoms with Crippen LogP contribution in [0, 0.1) is 13.8 Å². The summed E-state index contributed by atoms with van der Waals surface area (Å²) in [5, 5.41) is 28.9. The van der Waals surface area contributed by atoms with Crippen LogP contribution in [0.5, 0.6) is 5.75 Å². The minimum absolute atomic E-state index is 0.00974. The lowest BCUT2D eigenvalue weighted by Gasteiger charge is -2.27. The molecule has 10 N–H and O–H groups in total. The number of hydrogen-bond donors (Lipinski definition) is 9. The van der Waals surface area contributed by atoms with E-state index in [1.165, 1.54) is 12.1 Å². The summed E-state index contributed by atoms with van der Waals surface area (Å²) in [7, 11) is 0. The third kappa shape index (κ3) is 24.9. The molecule has 0 bridgehead atoms. The molecule has 22 heteroatoms. The minimum Gasteiger partial charge on any atom is -0.508 e. The molecule has 22 nitrogen and oxygen atoms in total. The van der Waals surface area contributed by atoms with E-state index in [0.717, 1.165) is 29.5 Å². The molecule has 6 aromatic carbocycles. The van der Waals surface area contributed by atoms with Crippen LogP contribution >= 0.6 is 0 Å². The van der Waals surface area contributed by atoms with Gasteiger partial charge >= 0.3 is 24.4 Å². The van der Waals surface area contributed by atoms with Gasteiger partial charge in [-0.2, -0.15) is 0 Å². The predicted molar refractivity (Wildman–Crippen MR) is 334 cm³/mol. The Bertz CT molecular complexity index is 3280. The Morgan fingerprint density at radius 1 is 0.472 bits per heavy atom. The molecule has 0 fully saturated rings. The van der Waals surface area contributed by atoms with Crippen LogP contribution in [0.3, 0.4) is 0 Å². The quantitative estimate of drug-likeness (QED) is 0.00862. The molecule has 0 saturated carbocycles. The Balaban J connectivity index is 1.23. The Kier molecular flexibility index (Phi) is 28.0. The maximum Gasteiger partial charge on any atom is 0.414 e. The maximum atomic E-state index is 14.9. The molecule has 470 valence electrons. The Hall–Kier alpha value is -10.3. The third-order valence-corrected chi connectivity index (χ3v) is 14.0. The minimum atomic E-state index is -1.47. The van der Waals surface area contributed by atoms with E-state index in [1.807, 2.05) is 66.7 Å². The maximum absolute atomic E-state index is 14.9. The Morgan fingerprint density at radius 2 is 0.910 bits per heavy atom. The van der Waals surface area contributed by atoms with Crippen LogP contribution in [-0.2, 0) is 83.8 Å². The van der Waals surface area contributed by atoms with E-state index in [0.29, 0.717) is 46.2 Å². The van der Waals surface area contributed by atoms with Gasteiger partial charge in [0, 0.05) is 25.9 Å². The number of phenolic OH excluding ortho intramolecular Hbond substituents is 1. The fraction of sp³-hybridized carbons (Fsp3) is 0.328. The number of carbonyl (C=O) groups is 8. The standard InChI is InChI=1S/C67H79N9O13/c1-4-21-47-30-19-31-52(38-47)44-89-67(85)76-63(75-66(84)88-43-51-28-15-8-16-29-51)69-35-20-33-56(72-62(81)58(40-54-45(2)36-53(77)37-46(54)3)74-65(83)87-42-50-26-13-7-14-27-50)60(79)73-57(39-48-22-9-5-10-23-48)61(80)71-55(59(68)78)32-17-18-34-70-64(82)86-41-49-24-11-6-12-25-49/h5-16,19,22-31,36-38,55-58,77H,4,17-18,20-21,32-35,39-44H2,1-3H3,(H2,68,78)(H,70,82)(H,71,80)(H,72,81)(H,73,79)(H,74,83)(H2,69,75,76,84,85)/t55-,56+,57-,58-/m0/s1. The normalized spacial score (nSPS) is 12.3. The molecule has 0 saturated heterocycles. The molecule has 89 heavy (non-hydrogen) atoms. The Morgan fingerprint density at radius 3 is 1.45 bits per heavy atom. The van der Waals surface area contributed by atoms with Crippen LogP contribution in [0.25, 0.3) is 0 Å². The van der Waals surface area contributed by atoms with Crippen molar-refractivity contribution < 1.29 is 62.4 Å². The monoisotopic (exact) mass is 1220 g/mol. The molecule has 0 spiro atoms. The summed E-state index contributed by atoms with van der Waals surface area (Å²) in [4.78, 5) is 114. The van der Waals surface area contributed by atoms with Crippen molar-refractivity contribution in [2.45, 2.75) is 129 Å². The van der Waals surface area contributed by atoms with Gasteiger partial charge in [0.05, 0.1) is 0 Å². The van der Waals surface area contributed by atoms with Crippen molar-refractivity contribution in [1.82, 2.24) is 37.2 Å². The molecule has 0 unspecified atom stereocenters. The second-order valence-corrected chi connectivity index (χ2v) is 21.1. The van der Waals surface area contributed by atoms with Crippen LogP contribution in [-0.4, -0.2) is 96.3 Å². The summed E-state index contributed by atoms with van der Waals surface area (Å²) < 4.78 is 21.7. The highest BCUT2D eigenvalue weighted by molar-refractivity contribution is 6.01. The average Bonchev–Trinajstić information content (AvgIpc) is 3.72. The number of ether oxygens (including phenoxy) is 4.